The average molecular weight is 282 g/mol. The molecule has 4 nitrogen and oxygen atoms in total. The van der Waals surface area contributed by atoms with Crippen LogP contribution < -0.4 is 0 Å². The SMILES string of the molecule is O=S1(=O)CCC(O)(C2CCCOC2)c2ccccc21. The van der Waals surface area contributed by atoms with Crippen LogP contribution in [0.1, 0.15) is 24.8 Å². The normalized spacial score (nSPS) is 33.6. The molecule has 1 N–H and O–H groups in total. The van der Waals surface area contributed by atoms with Crippen LogP contribution in [0.4, 0.5) is 0 Å². The summed E-state index contributed by atoms with van der Waals surface area (Å²) < 4.78 is 29.7. The smallest absolute Gasteiger partial charge is 0.178 e. The zero-order valence-corrected chi connectivity index (χ0v) is 11.5. The summed E-state index contributed by atoms with van der Waals surface area (Å²) in [4.78, 5) is 0.286. The van der Waals surface area contributed by atoms with Crippen molar-refractivity contribution in [2.75, 3.05) is 19.0 Å². The van der Waals surface area contributed by atoms with Crippen LogP contribution >= 0.6 is 0 Å². The molecule has 0 bridgehead atoms. The summed E-state index contributed by atoms with van der Waals surface area (Å²) in [6, 6.07) is 6.83. The second-order valence-corrected chi connectivity index (χ2v) is 7.48. The highest BCUT2D eigenvalue weighted by Crippen LogP contribution is 2.44. The van der Waals surface area contributed by atoms with Crippen LogP contribution in [0.5, 0.6) is 0 Å². The molecule has 0 aromatic heterocycles. The molecule has 1 fully saturated rings. The van der Waals surface area contributed by atoms with Crippen LogP contribution in [0.25, 0.3) is 0 Å². The van der Waals surface area contributed by atoms with Crippen LogP contribution in [0.3, 0.4) is 0 Å². The topological polar surface area (TPSA) is 63.6 Å². The number of rotatable bonds is 1. The van der Waals surface area contributed by atoms with Crippen LogP contribution in [0, 0.1) is 5.92 Å². The fourth-order valence-corrected chi connectivity index (χ4v) is 4.84. The first-order chi connectivity index (χ1) is 9.04. The van der Waals surface area contributed by atoms with E-state index >= 15 is 0 Å². The minimum absolute atomic E-state index is 0.0109. The predicted molar refractivity (Wildman–Crippen MR) is 70.6 cm³/mol. The maximum Gasteiger partial charge on any atom is 0.178 e. The van der Waals surface area contributed by atoms with Gasteiger partial charge < -0.3 is 9.84 Å². The van der Waals surface area contributed by atoms with Crippen molar-refractivity contribution in [1.29, 1.82) is 0 Å². The second-order valence-electron chi connectivity index (χ2n) is 5.40. The van der Waals surface area contributed by atoms with E-state index in [1.165, 1.54) is 0 Å². The van der Waals surface area contributed by atoms with E-state index < -0.39 is 15.4 Å². The number of ether oxygens (including phenoxy) is 1. The summed E-state index contributed by atoms with van der Waals surface area (Å²) in [6.07, 6.45) is 2.06. The van der Waals surface area contributed by atoms with Gasteiger partial charge in [0.15, 0.2) is 9.84 Å². The first-order valence-corrected chi connectivity index (χ1v) is 8.32. The van der Waals surface area contributed by atoms with Crippen molar-refractivity contribution in [1.82, 2.24) is 0 Å². The fourth-order valence-electron chi connectivity index (χ4n) is 3.17. The number of aliphatic hydroxyl groups is 1. The lowest BCUT2D eigenvalue weighted by Crippen LogP contribution is -2.44. The molecule has 0 radical (unpaired) electrons. The van der Waals surface area contributed by atoms with Crippen molar-refractivity contribution in [3.05, 3.63) is 29.8 Å². The van der Waals surface area contributed by atoms with Gasteiger partial charge in [-0.05, 0) is 25.3 Å². The van der Waals surface area contributed by atoms with Gasteiger partial charge in [0, 0.05) is 18.1 Å². The largest absolute Gasteiger partial charge is 0.385 e. The van der Waals surface area contributed by atoms with Crippen molar-refractivity contribution in [2.45, 2.75) is 29.8 Å². The Bertz CT molecular complexity index is 575. The van der Waals surface area contributed by atoms with E-state index in [-0.39, 0.29) is 23.0 Å². The lowest BCUT2D eigenvalue weighted by atomic mass is 9.76. The molecule has 5 heteroatoms. The molecule has 2 unspecified atom stereocenters. The van der Waals surface area contributed by atoms with Crippen molar-refractivity contribution in [2.24, 2.45) is 5.92 Å². The van der Waals surface area contributed by atoms with Gasteiger partial charge in [0.2, 0.25) is 0 Å². The van der Waals surface area contributed by atoms with E-state index in [0.717, 1.165) is 19.4 Å². The number of hydrogen-bond acceptors (Lipinski definition) is 4. The van der Waals surface area contributed by atoms with E-state index in [9.17, 15) is 13.5 Å². The summed E-state index contributed by atoms with van der Waals surface area (Å²) in [5.74, 6) is -0.00491. The molecule has 1 aromatic rings. The third kappa shape index (κ3) is 2.10. The Hall–Kier alpha value is -0.910. The van der Waals surface area contributed by atoms with Crippen LogP contribution in [0.15, 0.2) is 29.2 Å². The zero-order valence-electron chi connectivity index (χ0n) is 10.7. The van der Waals surface area contributed by atoms with E-state index in [0.29, 0.717) is 12.2 Å². The van der Waals surface area contributed by atoms with Gasteiger partial charge >= 0.3 is 0 Å². The number of fused-ring (bicyclic) bond motifs is 1. The third-order valence-corrected chi connectivity index (χ3v) is 6.04. The van der Waals surface area contributed by atoms with E-state index in [1.54, 1.807) is 24.3 Å². The summed E-state index contributed by atoms with van der Waals surface area (Å²) in [5.41, 5.74) is -0.515. The lowest BCUT2D eigenvalue weighted by Gasteiger charge is -2.41. The molecule has 104 valence electrons. The predicted octanol–water partition coefficient (Wildman–Crippen LogP) is 1.48. The molecule has 3 rings (SSSR count). The summed E-state index contributed by atoms with van der Waals surface area (Å²) >= 11 is 0. The molecule has 2 atom stereocenters. The van der Waals surface area contributed by atoms with Gasteiger partial charge in [-0.25, -0.2) is 8.42 Å². The van der Waals surface area contributed by atoms with Crippen LogP contribution in [-0.2, 0) is 20.2 Å². The van der Waals surface area contributed by atoms with Gasteiger partial charge in [-0.2, -0.15) is 0 Å². The standard InChI is InChI=1S/C14H18O4S/c15-14(11-4-3-8-18-10-11)7-9-19(16,17)13-6-2-1-5-12(13)14/h1-2,5-6,11,15H,3-4,7-10H2. The maximum atomic E-state index is 12.1. The molecule has 0 aliphatic carbocycles. The monoisotopic (exact) mass is 282 g/mol. The molecule has 0 spiro atoms. The van der Waals surface area contributed by atoms with Crippen molar-refractivity contribution >= 4 is 9.84 Å². The van der Waals surface area contributed by atoms with Gasteiger partial charge in [-0.15, -0.1) is 0 Å². The van der Waals surface area contributed by atoms with Crippen molar-refractivity contribution in [3.63, 3.8) is 0 Å². The second kappa shape index (κ2) is 4.58. The molecule has 19 heavy (non-hydrogen) atoms. The van der Waals surface area contributed by atoms with Crippen molar-refractivity contribution in [3.8, 4) is 0 Å². The van der Waals surface area contributed by atoms with Crippen LogP contribution in [0.2, 0.25) is 0 Å². The Morgan fingerprint density at radius 3 is 2.84 bits per heavy atom. The average Bonchev–Trinajstić information content (AvgIpc) is 2.45. The molecular weight excluding hydrogens is 264 g/mol. The Balaban J connectivity index is 2.08. The summed E-state index contributed by atoms with van der Waals surface area (Å²) in [5, 5.41) is 11.0. The highest BCUT2D eigenvalue weighted by molar-refractivity contribution is 7.91. The molecule has 0 saturated carbocycles. The zero-order chi connectivity index (χ0) is 13.5. The highest BCUT2D eigenvalue weighted by atomic mass is 32.2. The molecule has 1 saturated heterocycles. The minimum atomic E-state index is -3.25. The summed E-state index contributed by atoms with van der Waals surface area (Å²) in [6.45, 7) is 1.23. The van der Waals surface area contributed by atoms with Gasteiger partial charge in [-0.3, -0.25) is 0 Å². The maximum absolute atomic E-state index is 12.1. The van der Waals surface area contributed by atoms with Crippen molar-refractivity contribution < 1.29 is 18.3 Å². The minimum Gasteiger partial charge on any atom is -0.385 e. The Labute approximate surface area is 113 Å². The number of hydrogen-bond donors (Lipinski definition) is 1. The quantitative estimate of drug-likeness (QED) is 0.847. The first kappa shape index (κ1) is 13.1. The number of benzene rings is 1. The molecule has 2 aliphatic rings. The van der Waals surface area contributed by atoms with E-state index in [2.05, 4.69) is 0 Å². The van der Waals surface area contributed by atoms with Gasteiger partial charge in [-0.1, -0.05) is 18.2 Å². The highest BCUT2D eigenvalue weighted by Gasteiger charge is 2.46. The molecule has 0 amide bonds. The Morgan fingerprint density at radius 1 is 1.32 bits per heavy atom. The summed E-state index contributed by atoms with van der Waals surface area (Å²) in [7, 11) is -3.25. The lowest BCUT2D eigenvalue weighted by molar-refractivity contribution is -0.0888. The Morgan fingerprint density at radius 2 is 2.11 bits per heavy atom. The van der Waals surface area contributed by atoms with Gasteiger partial charge in [0.25, 0.3) is 0 Å². The molecular formula is C14H18O4S. The van der Waals surface area contributed by atoms with Crippen LogP contribution in [-0.4, -0.2) is 32.5 Å². The number of sulfone groups is 1. The Kier molecular flexibility index (Phi) is 3.15. The van der Waals surface area contributed by atoms with E-state index in [1.807, 2.05) is 0 Å². The van der Waals surface area contributed by atoms with E-state index in [4.69, 9.17) is 4.74 Å². The van der Waals surface area contributed by atoms with Gasteiger partial charge in [0.1, 0.15) is 0 Å². The first-order valence-electron chi connectivity index (χ1n) is 6.66. The third-order valence-electron chi connectivity index (χ3n) is 4.28. The molecule has 2 aliphatic heterocycles. The fraction of sp³-hybridized carbons (Fsp3) is 0.571. The van der Waals surface area contributed by atoms with Gasteiger partial charge in [0.05, 0.1) is 22.9 Å². The molecule has 1 aromatic carbocycles. The molecule has 2 heterocycles.